The number of hydrogen-bond acceptors (Lipinski definition) is 8. The van der Waals surface area contributed by atoms with Crippen LogP contribution in [0.3, 0.4) is 0 Å². The van der Waals surface area contributed by atoms with E-state index in [4.69, 9.17) is 20.9 Å². The Bertz CT molecular complexity index is 1260. The molecule has 11 heteroatoms. The molecule has 2 unspecified atom stereocenters. The number of benzene rings is 2. The smallest absolute Gasteiger partial charge is 0.228 e. The lowest BCUT2D eigenvalue weighted by Crippen LogP contribution is -2.54. The van der Waals surface area contributed by atoms with Gasteiger partial charge in [-0.25, -0.2) is 13.8 Å². The van der Waals surface area contributed by atoms with Crippen LogP contribution >= 0.6 is 0 Å². The molecule has 2 heterocycles. The topological polar surface area (TPSA) is 120 Å². The summed E-state index contributed by atoms with van der Waals surface area (Å²) in [6, 6.07) is 6.79. The first-order valence-electron chi connectivity index (χ1n) is 11.2. The van der Waals surface area contributed by atoms with Crippen molar-refractivity contribution in [1.82, 2.24) is 14.9 Å². The molecule has 35 heavy (non-hydrogen) atoms. The summed E-state index contributed by atoms with van der Waals surface area (Å²) in [5, 5.41) is 0.312. The molecule has 3 aromatic rings. The monoisotopic (exact) mass is 486 g/mol. The Morgan fingerprint density at radius 1 is 1.20 bits per heavy atom. The van der Waals surface area contributed by atoms with Gasteiger partial charge in [-0.1, -0.05) is 18.2 Å². The molecule has 0 aliphatic carbocycles. The number of nitrogens with two attached hydrogens (primary N) is 2. The van der Waals surface area contributed by atoms with Crippen molar-refractivity contribution in [2.24, 2.45) is 5.73 Å². The molecule has 0 radical (unpaired) electrons. The van der Waals surface area contributed by atoms with E-state index in [-0.39, 0.29) is 47.2 Å². The summed E-state index contributed by atoms with van der Waals surface area (Å²) in [6.45, 7) is 3.06. The Kier molecular flexibility index (Phi) is 6.88. The van der Waals surface area contributed by atoms with Crippen LogP contribution in [0, 0.1) is 11.6 Å². The minimum Gasteiger partial charge on any atom is -0.493 e. The first-order chi connectivity index (χ1) is 16.7. The van der Waals surface area contributed by atoms with Crippen LogP contribution in [0.1, 0.15) is 24.9 Å². The van der Waals surface area contributed by atoms with Gasteiger partial charge in [0, 0.05) is 49.1 Å². The second-order valence-electron chi connectivity index (χ2n) is 8.45. The van der Waals surface area contributed by atoms with Gasteiger partial charge in [-0.2, -0.15) is 4.98 Å². The van der Waals surface area contributed by atoms with Crippen LogP contribution in [0.2, 0.25) is 0 Å². The number of ether oxygens (including phenoxy) is 2. The number of carbonyl (C=O) groups excluding carboxylic acids is 1. The molecule has 2 aromatic carbocycles. The van der Waals surface area contributed by atoms with Crippen molar-refractivity contribution in [3.63, 3.8) is 0 Å². The van der Waals surface area contributed by atoms with Crippen LogP contribution in [-0.2, 0) is 4.79 Å². The molecule has 1 aliphatic rings. The normalized spacial score (nSPS) is 16.9. The number of nitrogens with zero attached hydrogens (tertiary/aromatic N) is 4. The summed E-state index contributed by atoms with van der Waals surface area (Å²) in [7, 11) is 2.74. The van der Waals surface area contributed by atoms with Gasteiger partial charge in [0.25, 0.3) is 0 Å². The zero-order chi connectivity index (χ0) is 25.3. The summed E-state index contributed by atoms with van der Waals surface area (Å²) >= 11 is 0. The molecule has 186 valence electrons. The third-order valence-corrected chi connectivity index (χ3v) is 6.23. The number of carbonyl (C=O) groups is 1. The second kappa shape index (κ2) is 9.87. The van der Waals surface area contributed by atoms with Crippen molar-refractivity contribution in [2.45, 2.75) is 25.4 Å². The number of nitrogen functional groups attached to an aromatic ring is 1. The minimum absolute atomic E-state index is 0.0140. The summed E-state index contributed by atoms with van der Waals surface area (Å²) < 4.78 is 39.5. The highest BCUT2D eigenvalue weighted by Gasteiger charge is 2.30. The maximum absolute atomic E-state index is 15.1. The van der Waals surface area contributed by atoms with Gasteiger partial charge in [0.15, 0.2) is 17.3 Å². The fourth-order valence-electron chi connectivity index (χ4n) is 4.35. The van der Waals surface area contributed by atoms with Crippen LogP contribution < -0.4 is 25.8 Å². The average molecular weight is 487 g/mol. The quantitative estimate of drug-likeness (QED) is 0.546. The van der Waals surface area contributed by atoms with Gasteiger partial charge in [-0.3, -0.25) is 4.79 Å². The minimum atomic E-state index is -0.740. The number of piperazine rings is 1. The summed E-state index contributed by atoms with van der Waals surface area (Å²) in [5.74, 6) is -0.822. The van der Waals surface area contributed by atoms with E-state index >= 15 is 4.39 Å². The molecule has 0 spiro atoms. The number of hydrogen-bond donors (Lipinski definition) is 2. The second-order valence-corrected chi connectivity index (χ2v) is 8.45. The van der Waals surface area contributed by atoms with Crippen molar-refractivity contribution in [2.75, 3.05) is 44.5 Å². The lowest BCUT2D eigenvalue weighted by Gasteiger charge is -2.40. The number of aromatic nitrogens is 2. The number of amides is 1. The molecule has 1 amide bonds. The Balaban J connectivity index is 1.52. The highest BCUT2D eigenvalue weighted by molar-refractivity contribution is 5.92. The molecule has 1 fully saturated rings. The Morgan fingerprint density at radius 3 is 2.60 bits per heavy atom. The van der Waals surface area contributed by atoms with Gasteiger partial charge in [-0.05, 0) is 19.1 Å². The van der Waals surface area contributed by atoms with Gasteiger partial charge >= 0.3 is 0 Å². The van der Waals surface area contributed by atoms with Gasteiger partial charge < -0.3 is 30.7 Å². The van der Waals surface area contributed by atoms with Gasteiger partial charge in [0.1, 0.15) is 17.2 Å². The molecule has 4 rings (SSSR count). The third kappa shape index (κ3) is 4.63. The van der Waals surface area contributed by atoms with Crippen molar-refractivity contribution in [3.05, 3.63) is 47.5 Å². The number of fused-ring (bicyclic) bond motifs is 1. The maximum atomic E-state index is 15.1. The first-order valence-corrected chi connectivity index (χ1v) is 11.2. The fraction of sp³-hybridized carbons (Fsp3) is 0.375. The summed E-state index contributed by atoms with van der Waals surface area (Å²) in [5.41, 5.74) is 12.6. The summed E-state index contributed by atoms with van der Waals surface area (Å²) in [6.07, 6.45) is -0.0140. The number of anilines is 2. The predicted octanol–water partition coefficient (Wildman–Crippen LogP) is 2.63. The van der Waals surface area contributed by atoms with E-state index in [2.05, 4.69) is 9.97 Å². The summed E-state index contributed by atoms with van der Waals surface area (Å²) in [4.78, 5) is 25.2. The van der Waals surface area contributed by atoms with Gasteiger partial charge in [0.2, 0.25) is 11.9 Å². The van der Waals surface area contributed by atoms with Crippen LogP contribution in [-0.4, -0.2) is 60.7 Å². The van der Waals surface area contributed by atoms with Crippen LogP contribution in [0.25, 0.3) is 10.9 Å². The average Bonchev–Trinajstić information content (AvgIpc) is 2.84. The van der Waals surface area contributed by atoms with Crippen LogP contribution in [0.15, 0.2) is 30.3 Å². The van der Waals surface area contributed by atoms with Crippen molar-refractivity contribution >= 4 is 28.6 Å². The fourth-order valence-corrected chi connectivity index (χ4v) is 4.35. The van der Waals surface area contributed by atoms with Crippen molar-refractivity contribution in [3.8, 4) is 11.5 Å². The van der Waals surface area contributed by atoms with Crippen LogP contribution in [0.4, 0.5) is 20.5 Å². The van der Waals surface area contributed by atoms with E-state index in [1.54, 1.807) is 23.1 Å². The van der Waals surface area contributed by atoms with Gasteiger partial charge in [-0.15, -0.1) is 0 Å². The van der Waals surface area contributed by atoms with Gasteiger partial charge in [0.05, 0.1) is 14.2 Å². The van der Waals surface area contributed by atoms with Crippen LogP contribution in [0.5, 0.6) is 11.5 Å². The Morgan fingerprint density at radius 2 is 1.94 bits per heavy atom. The molecule has 1 aromatic heterocycles. The van der Waals surface area contributed by atoms with E-state index in [0.717, 1.165) is 0 Å². The number of halogens is 2. The van der Waals surface area contributed by atoms with Crippen molar-refractivity contribution < 1.29 is 23.0 Å². The first kappa shape index (κ1) is 24.4. The molecule has 0 bridgehead atoms. The highest BCUT2D eigenvalue weighted by atomic mass is 19.1. The zero-order valence-electron chi connectivity index (χ0n) is 19.8. The highest BCUT2D eigenvalue weighted by Crippen LogP contribution is 2.37. The van der Waals surface area contributed by atoms with E-state index in [1.165, 1.54) is 26.4 Å². The Labute approximate surface area is 201 Å². The zero-order valence-corrected chi connectivity index (χ0v) is 19.8. The molecule has 1 saturated heterocycles. The number of rotatable bonds is 6. The van der Waals surface area contributed by atoms with E-state index in [9.17, 15) is 9.18 Å². The maximum Gasteiger partial charge on any atom is 0.228 e. The van der Waals surface area contributed by atoms with E-state index in [0.29, 0.717) is 30.6 Å². The SMILES string of the molecule is COc1cc2c(N)nc(N3CCN(C(=O)CC(N)c4ccccc4F)CC3C)nc2c(F)c1OC. The van der Waals surface area contributed by atoms with E-state index in [1.807, 2.05) is 11.8 Å². The van der Waals surface area contributed by atoms with Crippen molar-refractivity contribution in [1.29, 1.82) is 0 Å². The molecule has 2 atom stereocenters. The number of methoxy groups -OCH3 is 2. The molecular weight excluding hydrogens is 458 g/mol. The molecule has 4 N–H and O–H groups in total. The lowest BCUT2D eigenvalue weighted by atomic mass is 10.0. The third-order valence-electron chi connectivity index (χ3n) is 6.23. The van der Waals surface area contributed by atoms with E-state index < -0.39 is 17.7 Å². The molecule has 0 saturated carbocycles. The standard InChI is InChI=1S/C24H28F2N6O3/c1-13-12-31(19(33)11-17(27)14-6-4-5-7-16(14)25)8-9-32(13)24-29-21-15(23(28)30-24)10-18(34-2)22(35-3)20(21)26/h4-7,10,13,17H,8-9,11-12,27H2,1-3H3,(H2,28,29,30). The molecule has 1 aliphatic heterocycles. The largest absolute Gasteiger partial charge is 0.493 e. The molecular formula is C24H28F2N6O3. The Hall–Kier alpha value is -3.73. The lowest BCUT2D eigenvalue weighted by molar-refractivity contribution is -0.132. The predicted molar refractivity (Wildman–Crippen MR) is 128 cm³/mol. The molecule has 9 nitrogen and oxygen atoms in total.